The summed E-state index contributed by atoms with van der Waals surface area (Å²) in [6, 6.07) is 0. The van der Waals surface area contributed by atoms with E-state index in [4.69, 9.17) is 4.74 Å². The molecule has 1 saturated heterocycles. The van der Waals surface area contributed by atoms with Crippen LogP contribution in [-0.2, 0) is 14.3 Å². The monoisotopic (exact) mass is 350 g/mol. The van der Waals surface area contributed by atoms with Gasteiger partial charge in [-0.2, -0.15) is 0 Å². The molecular weight excluding hydrogens is 324 g/mol. The molecule has 0 aromatic heterocycles. The van der Waals surface area contributed by atoms with Crippen LogP contribution in [0, 0.1) is 34.5 Å². The predicted octanol–water partition coefficient (Wildman–Crippen LogP) is 1.33. The Bertz CT molecular complexity index is 687. The molecule has 1 unspecified atom stereocenters. The maximum absolute atomic E-state index is 12.7. The molecule has 3 N–H and O–H groups in total. The molecule has 1 spiro atoms. The Labute approximate surface area is 146 Å². The number of carboxylic acid groups (broad SMARTS) is 1. The molecule has 5 rings (SSSR count). The predicted molar refractivity (Wildman–Crippen MR) is 85.3 cm³/mol. The highest BCUT2D eigenvalue weighted by molar-refractivity contribution is 5.85. The molecule has 0 radical (unpaired) electrons. The van der Waals surface area contributed by atoms with E-state index in [-0.39, 0.29) is 11.8 Å². The van der Waals surface area contributed by atoms with Crippen LogP contribution in [0.2, 0.25) is 0 Å². The van der Waals surface area contributed by atoms with Crippen molar-refractivity contribution in [1.82, 2.24) is 0 Å². The molecule has 6 heteroatoms. The standard InChI is InChI=1S/C19H26O6/c1-16(24)8-18-7-9(16)3-4-10(18)19-6-5-11(20)17(2,15(23)25-19)13(19)12(18)14(21)22/h9-13,20,24H,3-8H2,1-2H3,(H,21,22)/t9?,10-,11+,12-,13-,16+,17-,18-,19-/m1/s1. The van der Waals surface area contributed by atoms with Gasteiger partial charge in [0.1, 0.15) is 5.60 Å². The average Bonchev–Trinajstić information content (AvgIpc) is 2.95. The number of aliphatic hydroxyl groups excluding tert-OH is 1. The number of aliphatic hydroxyl groups is 2. The highest BCUT2D eigenvalue weighted by Gasteiger charge is 2.84. The second-order valence-corrected chi connectivity index (χ2v) is 9.77. The molecule has 138 valence electrons. The van der Waals surface area contributed by atoms with Gasteiger partial charge in [-0.25, -0.2) is 0 Å². The van der Waals surface area contributed by atoms with Crippen LogP contribution in [0.15, 0.2) is 0 Å². The SMILES string of the molecule is C[C@@]12C(=O)O[C@]3(CC[C@@H]1O)[C@@H]1CCC4C[C@]1(C[C@]4(C)O)[C@@H](C(=O)O)[C@@H]32. The number of carbonyl (C=O) groups is 2. The van der Waals surface area contributed by atoms with Crippen LogP contribution in [-0.4, -0.2) is 44.6 Å². The minimum atomic E-state index is -1.16. The quantitative estimate of drug-likeness (QED) is 0.617. The Morgan fingerprint density at radius 3 is 2.64 bits per heavy atom. The molecule has 1 aliphatic heterocycles. The van der Waals surface area contributed by atoms with Crippen molar-refractivity contribution >= 4 is 11.9 Å². The normalized spacial score (nSPS) is 61.6. The number of aliphatic carboxylic acids is 1. The molecule has 1 heterocycles. The molecule has 4 saturated carbocycles. The maximum Gasteiger partial charge on any atom is 0.315 e. The van der Waals surface area contributed by atoms with E-state index in [2.05, 4.69) is 0 Å². The first-order valence-electron chi connectivity index (χ1n) is 9.46. The van der Waals surface area contributed by atoms with Crippen LogP contribution < -0.4 is 0 Å². The molecule has 5 fully saturated rings. The second-order valence-electron chi connectivity index (χ2n) is 9.77. The summed E-state index contributed by atoms with van der Waals surface area (Å²) in [6.45, 7) is 3.52. The number of ether oxygens (including phenoxy) is 1. The van der Waals surface area contributed by atoms with Crippen LogP contribution in [0.5, 0.6) is 0 Å². The first-order valence-corrected chi connectivity index (χ1v) is 9.46. The van der Waals surface area contributed by atoms with E-state index in [9.17, 15) is 24.9 Å². The molecular formula is C19H26O6. The number of hydrogen-bond donors (Lipinski definition) is 3. The van der Waals surface area contributed by atoms with E-state index in [1.807, 2.05) is 6.92 Å². The minimum Gasteiger partial charge on any atom is -0.481 e. The minimum absolute atomic E-state index is 0.0328. The summed E-state index contributed by atoms with van der Waals surface area (Å²) in [5, 5.41) is 31.7. The van der Waals surface area contributed by atoms with E-state index in [1.54, 1.807) is 6.92 Å². The summed E-state index contributed by atoms with van der Waals surface area (Å²) >= 11 is 0. The molecule has 6 nitrogen and oxygen atoms in total. The van der Waals surface area contributed by atoms with Crippen LogP contribution in [0.4, 0.5) is 0 Å². The van der Waals surface area contributed by atoms with E-state index >= 15 is 0 Å². The topological polar surface area (TPSA) is 104 Å². The zero-order valence-electron chi connectivity index (χ0n) is 14.7. The third kappa shape index (κ3) is 1.48. The van der Waals surface area contributed by atoms with Crippen molar-refractivity contribution in [3.05, 3.63) is 0 Å². The number of esters is 1. The third-order valence-electron chi connectivity index (χ3n) is 8.90. The highest BCUT2D eigenvalue weighted by Crippen LogP contribution is 2.78. The van der Waals surface area contributed by atoms with Gasteiger partial charge in [-0.15, -0.1) is 0 Å². The van der Waals surface area contributed by atoms with Crippen molar-refractivity contribution in [3.8, 4) is 0 Å². The van der Waals surface area contributed by atoms with Gasteiger partial charge in [0.2, 0.25) is 0 Å². The van der Waals surface area contributed by atoms with E-state index in [0.29, 0.717) is 25.7 Å². The Balaban J connectivity index is 1.74. The van der Waals surface area contributed by atoms with Gasteiger partial charge in [0.15, 0.2) is 0 Å². The molecule has 0 aromatic carbocycles. The zero-order chi connectivity index (χ0) is 18.0. The van der Waals surface area contributed by atoms with Crippen LogP contribution in [0.25, 0.3) is 0 Å². The molecule has 0 aromatic rings. The highest BCUT2D eigenvalue weighted by atomic mass is 16.6. The van der Waals surface area contributed by atoms with Crippen molar-refractivity contribution in [2.24, 2.45) is 34.5 Å². The smallest absolute Gasteiger partial charge is 0.315 e. The largest absolute Gasteiger partial charge is 0.481 e. The van der Waals surface area contributed by atoms with Crippen molar-refractivity contribution in [2.75, 3.05) is 0 Å². The van der Waals surface area contributed by atoms with Crippen molar-refractivity contribution < 1.29 is 29.6 Å². The van der Waals surface area contributed by atoms with Crippen molar-refractivity contribution in [3.63, 3.8) is 0 Å². The Kier molecular flexibility index (Phi) is 2.71. The van der Waals surface area contributed by atoms with Gasteiger partial charge in [-0.3, -0.25) is 9.59 Å². The van der Waals surface area contributed by atoms with Gasteiger partial charge >= 0.3 is 11.9 Å². The molecule has 4 bridgehead atoms. The summed E-state index contributed by atoms with van der Waals surface area (Å²) in [6.07, 6.45) is 2.91. The third-order valence-corrected chi connectivity index (χ3v) is 8.90. The average molecular weight is 350 g/mol. The molecule has 25 heavy (non-hydrogen) atoms. The molecule has 5 aliphatic rings. The summed E-state index contributed by atoms with van der Waals surface area (Å²) < 4.78 is 5.99. The molecule has 9 atom stereocenters. The van der Waals surface area contributed by atoms with Crippen LogP contribution >= 0.6 is 0 Å². The van der Waals surface area contributed by atoms with Crippen molar-refractivity contribution in [1.29, 1.82) is 0 Å². The van der Waals surface area contributed by atoms with Gasteiger partial charge in [0.05, 0.1) is 23.0 Å². The van der Waals surface area contributed by atoms with Crippen LogP contribution in [0.1, 0.15) is 52.4 Å². The Hall–Kier alpha value is -1.14. The molecule has 0 amide bonds. The number of carboxylic acids is 1. The second kappa shape index (κ2) is 4.22. The zero-order valence-corrected chi connectivity index (χ0v) is 14.7. The summed E-state index contributed by atoms with van der Waals surface area (Å²) in [7, 11) is 0. The maximum atomic E-state index is 12.7. The van der Waals surface area contributed by atoms with Crippen molar-refractivity contribution in [2.45, 2.75) is 69.7 Å². The number of hydrogen-bond acceptors (Lipinski definition) is 5. The summed E-state index contributed by atoms with van der Waals surface area (Å²) in [5.41, 5.74) is -3.33. The Morgan fingerprint density at radius 2 is 1.96 bits per heavy atom. The van der Waals surface area contributed by atoms with E-state index in [0.717, 1.165) is 12.8 Å². The fourth-order valence-corrected chi connectivity index (χ4v) is 8.08. The molecule has 4 aliphatic carbocycles. The van der Waals surface area contributed by atoms with Gasteiger partial charge in [-0.05, 0) is 63.7 Å². The fourth-order valence-electron chi connectivity index (χ4n) is 8.08. The van der Waals surface area contributed by atoms with E-state index in [1.165, 1.54) is 0 Å². The summed E-state index contributed by atoms with van der Waals surface area (Å²) in [5.74, 6) is -2.53. The lowest BCUT2D eigenvalue weighted by Gasteiger charge is -2.44. The summed E-state index contributed by atoms with van der Waals surface area (Å²) in [4.78, 5) is 25.2. The van der Waals surface area contributed by atoms with Gasteiger partial charge in [-0.1, -0.05) is 0 Å². The number of rotatable bonds is 1. The lowest BCUT2D eigenvalue weighted by Crippen LogP contribution is -2.53. The van der Waals surface area contributed by atoms with Gasteiger partial charge in [0, 0.05) is 11.8 Å². The van der Waals surface area contributed by atoms with Crippen LogP contribution in [0.3, 0.4) is 0 Å². The fraction of sp³-hybridized carbons (Fsp3) is 0.895. The van der Waals surface area contributed by atoms with Gasteiger partial charge in [0.25, 0.3) is 0 Å². The lowest BCUT2D eigenvalue weighted by atomic mass is 9.59. The van der Waals surface area contributed by atoms with E-state index < -0.39 is 51.9 Å². The lowest BCUT2D eigenvalue weighted by molar-refractivity contribution is -0.162. The number of fused-ring (bicyclic) bond motifs is 1. The Morgan fingerprint density at radius 1 is 1.24 bits per heavy atom. The van der Waals surface area contributed by atoms with Gasteiger partial charge < -0.3 is 20.1 Å². The first-order chi connectivity index (χ1) is 11.6. The number of carbonyl (C=O) groups excluding carboxylic acids is 1. The first kappa shape index (κ1) is 16.1.